The summed E-state index contributed by atoms with van der Waals surface area (Å²) in [5.41, 5.74) is 1.27. The highest BCUT2D eigenvalue weighted by Gasteiger charge is 2.34. The van der Waals surface area contributed by atoms with Gasteiger partial charge in [-0.05, 0) is 5.56 Å². The first-order valence-electron chi connectivity index (χ1n) is 5.63. The molecule has 0 aromatic heterocycles. The van der Waals surface area contributed by atoms with Gasteiger partial charge >= 0.3 is 0 Å². The summed E-state index contributed by atoms with van der Waals surface area (Å²) in [4.78, 5) is 0. The predicted octanol–water partition coefficient (Wildman–Crippen LogP) is 1.61. The van der Waals surface area contributed by atoms with Gasteiger partial charge in [0.1, 0.15) is 0 Å². The molecule has 1 aliphatic rings. The first-order chi connectivity index (χ1) is 7.08. The quantitative estimate of drug-likeness (QED) is 0.692. The lowest BCUT2D eigenvalue weighted by molar-refractivity contribution is -0.897. The van der Waals surface area contributed by atoms with Crippen molar-refractivity contribution < 1.29 is 9.59 Å². The Morgan fingerprint density at radius 3 is 2.53 bits per heavy atom. The van der Waals surface area contributed by atoms with Crippen LogP contribution in [0, 0.1) is 0 Å². The maximum absolute atomic E-state index is 10.0. The van der Waals surface area contributed by atoms with Crippen molar-refractivity contribution in [3.8, 4) is 0 Å². The zero-order valence-electron chi connectivity index (χ0n) is 9.56. The number of likely N-dealkylation sites (N-methyl/N-ethyl adjacent to an activating group) is 1. The molecule has 0 unspecified atom stereocenters. The van der Waals surface area contributed by atoms with E-state index in [9.17, 15) is 5.11 Å². The van der Waals surface area contributed by atoms with Crippen molar-refractivity contribution in [2.75, 3.05) is 27.2 Å². The van der Waals surface area contributed by atoms with Gasteiger partial charge in [-0.1, -0.05) is 30.3 Å². The Hall–Kier alpha value is -0.860. The second-order valence-corrected chi connectivity index (χ2v) is 5.22. The van der Waals surface area contributed by atoms with E-state index in [-0.39, 0.29) is 6.10 Å². The Kier molecular flexibility index (Phi) is 2.81. The van der Waals surface area contributed by atoms with Crippen molar-refractivity contribution in [2.24, 2.45) is 0 Å². The van der Waals surface area contributed by atoms with E-state index in [0.717, 1.165) is 24.0 Å². The van der Waals surface area contributed by atoms with Crippen LogP contribution in [0.1, 0.15) is 17.9 Å². The molecule has 1 fully saturated rings. The monoisotopic (exact) mass is 206 g/mol. The van der Waals surface area contributed by atoms with Crippen LogP contribution in [0.4, 0.5) is 0 Å². The standard InChI is InChI=1S/C13H20NO/c1-14(2)9-8-13(15)12(10-14)11-6-4-3-5-7-11/h3-7,12-13,15H,8-10H2,1-2H3/q+1/t12-,13+/m1/s1. The topological polar surface area (TPSA) is 20.2 Å². The highest BCUT2D eigenvalue weighted by atomic mass is 16.3. The Labute approximate surface area is 91.7 Å². The third kappa shape index (κ3) is 2.39. The third-order valence-corrected chi connectivity index (χ3v) is 3.41. The molecule has 1 aromatic carbocycles. The molecule has 0 aliphatic carbocycles. The summed E-state index contributed by atoms with van der Waals surface area (Å²) in [6, 6.07) is 10.4. The lowest BCUT2D eigenvalue weighted by Gasteiger charge is -2.40. The van der Waals surface area contributed by atoms with E-state index in [0.29, 0.717) is 5.92 Å². The van der Waals surface area contributed by atoms with Gasteiger partial charge in [-0.2, -0.15) is 0 Å². The molecule has 1 saturated heterocycles. The third-order valence-electron chi connectivity index (χ3n) is 3.41. The van der Waals surface area contributed by atoms with Crippen LogP contribution in [-0.4, -0.2) is 42.9 Å². The van der Waals surface area contributed by atoms with Gasteiger partial charge < -0.3 is 9.59 Å². The van der Waals surface area contributed by atoms with Crippen molar-refractivity contribution in [2.45, 2.75) is 18.4 Å². The highest BCUT2D eigenvalue weighted by Crippen LogP contribution is 2.29. The van der Waals surface area contributed by atoms with Crippen LogP contribution in [0.3, 0.4) is 0 Å². The van der Waals surface area contributed by atoms with Crippen LogP contribution in [-0.2, 0) is 0 Å². The van der Waals surface area contributed by atoms with Crippen molar-refractivity contribution >= 4 is 0 Å². The summed E-state index contributed by atoms with van der Waals surface area (Å²) in [5, 5.41) is 10.0. The molecule has 0 radical (unpaired) electrons. The summed E-state index contributed by atoms with van der Waals surface area (Å²) in [6.45, 7) is 2.11. The molecule has 0 bridgehead atoms. The molecule has 2 atom stereocenters. The fraction of sp³-hybridized carbons (Fsp3) is 0.538. The molecule has 0 spiro atoms. The average molecular weight is 206 g/mol. The Bertz CT molecular complexity index is 321. The molecule has 15 heavy (non-hydrogen) atoms. The van der Waals surface area contributed by atoms with Gasteiger partial charge in [-0.25, -0.2) is 0 Å². The normalized spacial score (nSPS) is 30.1. The van der Waals surface area contributed by atoms with Crippen LogP contribution in [0.25, 0.3) is 0 Å². The van der Waals surface area contributed by atoms with Crippen LogP contribution in [0.15, 0.2) is 30.3 Å². The van der Waals surface area contributed by atoms with Gasteiger partial charge in [-0.3, -0.25) is 0 Å². The van der Waals surface area contributed by atoms with Crippen molar-refractivity contribution in [1.29, 1.82) is 0 Å². The van der Waals surface area contributed by atoms with Gasteiger partial charge in [0, 0.05) is 6.42 Å². The zero-order chi connectivity index (χ0) is 10.9. The molecule has 2 heteroatoms. The van der Waals surface area contributed by atoms with Gasteiger partial charge in [-0.15, -0.1) is 0 Å². The van der Waals surface area contributed by atoms with E-state index in [1.165, 1.54) is 5.56 Å². The number of hydrogen-bond donors (Lipinski definition) is 1. The van der Waals surface area contributed by atoms with Crippen molar-refractivity contribution in [3.05, 3.63) is 35.9 Å². The van der Waals surface area contributed by atoms with E-state index in [1.54, 1.807) is 0 Å². The molecule has 1 aliphatic heterocycles. The molecule has 0 saturated carbocycles. The second kappa shape index (κ2) is 3.95. The van der Waals surface area contributed by atoms with E-state index < -0.39 is 0 Å². The number of piperidine rings is 1. The number of likely N-dealkylation sites (tertiary alicyclic amines) is 1. The molecule has 2 rings (SSSR count). The largest absolute Gasteiger partial charge is 0.392 e. The molecule has 0 amide bonds. The van der Waals surface area contributed by atoms with Gasteiger partial charge in [0.15, 0.2) is 0 Å². The first kappa shape index (κ1) is 10.7. The average Bonchev–Trinajstić information content (AvgIpc) is 2.23. The number of aliphatic hydroxyl groups excluding tert-OH is 1. The maximum Gasteiger partial charge on any atom is 0.0877 e. The maximum atomic E-state index is 10.0. The number of rotatable bonds is 1. The zero-order valence-corrected chi connectivity index (χ0v) is 9.56. The fourth-order valence-electron chi connectivity index (χ4n) is 2.46. The Morgan fingerprint density at radius 1 is 1.20 bits per heavy atom. The number of aliphatic hydroxyl groups is 1. The highest BCUT2D eigenvalue weighted by molar-refractivity contribution is 5.21. The van der Waals surface area contributed by atoms with Gasteiger partial charge in [0.2, 0.25) is 0 Å². The summed E-state index contributed by atoms with van der Waals surface area (Å²) in [7, 11) is 4.48. The predicted molar refractivity (Wildman–Crippen MR) is 61.6 cm³/mol. The number of benzene rings is 1. The minimum absolute atomic E-state index is 0.168. The first-order valence-corrected chi connectivity index (χ1v) is 5.63. The lowest BCUT2D eigenvalue weighted by Crippen LogP contribution is -2.51. The summed E-state index contributed by atoms with van der Waals surface area (Å²) in [5.74, 6) is 0.301. The minimum atomic E-state index is -0.168. The van der Waals surface area contributed by atoms with Crippen molar-refractivity contribution in [1.82, 2.24) is 0 Å². The molecular formula is C13H20NO+. The Morgan fingerprint density at radius 2 is 1.87 bits per heavy atom. The number of nitrogens with zero attached hydrogens (tertiary/aromatic N) is 1. The lowest BCUT2D eigenvalue weighted by atomic mass is 9.87. The summed E-state index contributed by atoms with van der Waals surface area (Å²) < 4.78 is 1.01. The van der Waals surface area contributed by atoms with Crippen LogP contribution < -0.4 is 0 Å². The molecule has 2 nitrogen and oxygen atoms in total. The van der Waals surface area contributed by atoms with Gasteiger partial charge in [0.05, 0.1) is 39.2 Å². The van der Waals surface area contributed by atoms with E-state index in [2.05, 4.69) is 38.4 Å². The second-order valence-electron chi connectivity index (χ2n) is 5.22. The number of quaternary nitrogens is 1. The summed E-state index contributed by atoms with van der Waals surface area (Å²) in [6.07, 6.45) is 0.741. The minimum Gasteiger partial charge on any atom is -0.392 e. The SMILES string of the molecule is C[N+]1(C)CC[C@H](O)[C@@H](c2ccccc2)C1. The van der Waals surface area contributed by atoms with E-state index >= 15 is 0 Å². The van der Waals surface area contributed by atoms with Crippen LogP contribution in [0.2, 0.25) is 0 Å². The van der Waals surface area contributed by atoms with E-state index in [4.69, 9.17) is 0 Å². The molecule has 1 heterocycles. The smallest absolute Gasteiger partial charge is 0.0877 e. The van der Waals surface area contributed by atoms with Gasteiger partial charge in [0.25, 0.3) is 0 Å². The summed E-state index contributed by atoms with van der Waals surface area (Å²) >= 11 is 0. The molecular weight excluding hydrogens is 186 g/mol. The fourth-order valence-corrected chi connectivity index (χ4v) is 2.46. The Balaban J connectivity index is 2.20. The molecule has 82 valence electrons. The van der Waals surface area contributed by atoms with Crippen LogP contribution >= 0.6 is 0 Å². The molecule has 1 aromatic rings. The van der Waals surface area contributed by atoms with E-state index in [1.807, 2.05) is 6.07 Å². The van der Waals surface area contributed by atoms with Crippen molar-refractivity contribution in [3.63, 3.8) is 0 Å². The number of hydrogen-bond acceptors (Lipinski definition) is 1. The molecule has 1 N–H and O–H groups in total. The van der Waals surface area contributed by atoms with Crippen LogP contribution in [0.5, 0.6) is 0 Å².